The standard InChI is InChI=1S/C24H24BrN3O2S/c1-14-13-24(2,3)27(4)20-9-8-15(10-18(14)20)11-19-21(29)26-23(31)28(22(19)30)17-7-5-6-16(25)12-17/h5-12,14H,13H2,1-4H3,(H,26,29,31)/b19-11+. The van der Waals surface area contributed by atoms with Crippen molar-refractivity contribution < 1.29 is 9.59 Å². The molecule has 160 valence electrons. The number of nitrogens with one attached hydrogen (secondary N) is 1. The molecule has 1 saturated heterocycles. The Morgan fingerprint density at radius 1 is 1.19 bits per heavy atom. The topological polar surface area (TPSA) is 52.7 Å². The van der Waals surface area contributed by atoms with E-state index in [1.807, 2.05) is 18.2 Å². The Labute approximate surface area is 196 Å². The summed E-state index contributed by atoms with van der Waals surface area (Å²) in [5.74, 6) is -0.540. The Bertz CT molecular complexity index is 1140. The van der Waals surface area contributed by atoms with Gasteiger partial charge in [-0.1, -0.05) is 35.0 Å². The summed E-state index contributed by atoms with van der Waals surface area (Å²) in [6.45, 7) is 6.70. The molecule has 0 aliphatic carbocycles. The minimum atomic E-state index is -0.481. The van der Waals surface area contributed by atoms with Crippen molar-refractivity contribution in [1.82, 2.24) is 5.32 Å². The number of nitrogens with zero attached hydrogens (tertiary/aromatic N) is 2. The second-order valence-electron chi connectivity index (χ2n) is 8.73. The largest absolute Gasteiger partial charge is 0.369 e. The zero-order chi connectivity index (χ0) is 22.5. The second kappa shape index (κ2) is 7.88. The smallest absolute Gasteiger partial charge is 0.270 e. The van der Waals surface area contributed by atoms with Gasteiger partial charge in [0.15, 0.2) is 5.11 Å². The molecule has 5 nitrogen and oxygen atoms in total. The van der Waals surface area contributed by atoms with Gasteiger partial charge in [-0.3, -0.25) is 19.8 Å². The number of rotatable bonds is 2. The average Bonchev–Trinajstić information content (AvgIpc) is 2.69. The highest BCUT2D eigenvalue weighted by molar-refractivity contribution is 9.10. The van der Waals surface area contributed by atoms with Crippen LogP contribution in [0.5, 0.6) is 0 Å². The van der Waals surface area contributed by atoms with Crippen molar-refractivity contribution in [2.45, 2.75) is 38.6 Å². The van der Waals surface area contributed by atoms with Crippen molar-refractivity contribution in [1.29, 1.82) is 0 Å². The summed E-state index contributed by atoms with van der Waals surface area (Å²) < 4.78 is 0.818. The van der Waals surface area contributed by atoms with E-state index in [9.17, 15) is 9.59 Å². The van der Waals surface area contributed by atoms with Crippen LogP contribution in [0.4, 0.5) is 11.4 Å². The number of benzene rings is 2. The fourth-order valence-electron chi connectivity index (χ4n) is 4.36. The molecule has 0 saturated carbocycles. The fourth-order valence-corrected chi connectivity index (χ4v) is 5.03. The van der Waals surface area contributed by atoms with E-state index >= 15 is 0 Å². The third-order valence-corrected chi connectivity index (χ3v) is 6.91. The first-order valence-corrected chi connectivity index (χ1v) is 11.3. The van der Waals surface area contributed by atoms with E-state index in [1.54, 1.807) is 18.2 Å². The fraction of sp³-hybridized carbons (Fsp3) is 0.292. The molecule has 2 aromatic rings. The third-order valence-electron chi connectivity index (χ3n) is 6.14. The molecule has 0 bridgehead atoms. The maximum absolute atomic E-state index is 13.2. The van der Waals surface area contributed by atoms with Crippen molar-refractivity contribution in [2.24, 2.45) is 0 Å². The number of carbonyl (C=O) groups is 2. The van der Waals surface area contributed by atoms with E-state index in [-0.39, 0.29) is 16.2 Å². The molecular weight excluding hydrogens is 474 g/mol. The molecule has 2 heterocycles. The minimum Gasteiger partial charge on any atom is -0.369 e. The lowest BCUT2D eigenvalue weighted by Gasteiger charge is -2.45. The summed E-state index contributed by atoms with van der Waals surface area (Å²) in [7, 11) is 2.11. The first-order valence-electron chi connectivity index (χ1n) is 10.1. The first-order chi connectivity index (χ1) is 14.6. The molecule has 1 N–H and O–H groups in total. The Kier molecular flexibility index (Phi) is 5.52. The van der Waals surface area contributed by atoms with Gasteiger partial charge >= 0.3 is 0 Å². The van der Waals surface area contributed by atoms with Crippen LogP contribution in [0.1, 0.15) is 44.2 Å². The zero-order valence-corrected chi connectivity index (χ0v) is 20.3. The van der Waals surface area contributed by atoms with E-state index in [0.29, 0.717) is 11.6 Å². The number of thiocarbonyl (C=S) groups is 1. The maximum Gasteiger partial charge on any atom is 0.270 e. The monoisotopic (exact) mass is 497 g/mol. The van der Waals surface area contributed by atoms with Crippen LogP contribution in [0.2, 0.25) is 0 Å². The van der Waals surface area contributed by atoms with E-state index in [1.165, 1.54) is 16.2 Å². The molecular formula is C24H24BrN3O2S. The number of hydrogen-bond acceptors (Lipinski definition) is 4. The molecule has 4 rings (SSSR count). The lowest BCUT2D eigenvalue weighted by atomic mass is 9.80. The molecule has 1 atom stereocenters. The van der Waals surface area contributed by atoms with Crippen LogP contribution in [0.15, 0.2) is 52.5 Å². The predicted molar refractivity (Wildman–Crippen MR) is 132 cm³/mol. The van der Waals surface area contributed by atoms with Crippen LogP contribution < -0.4 is 15.1 Å². The first kappa shape index (κ1) is 21.7. The zero-order valence-electron chi connectivity index (χ0n) is 17.9. The van der Waals surface area contributed by atoms with Crippen LogP contribution in [-0.4, -0.2) is 29.5 Å². The van der Waals surface area contributed by atoms with Gasteiger partial charge < -0.3 is 4.90 Å². The Morgan fingerprint density at radius 3 is 2.65 bits per heavy atom. The number of hydrogen-bond donors (Lipinski definition) is 1. The van der Waals surface area contributed by atoms with E-state index in [2.05, 4.69) is 66.1 Å². The summed E-state index contributed by atoms with van der Waals surface area (Å²) in [4.78, 5) is 29.5. The second-order valence-corrected chi connectivity index (χ2v) is 10.0. The van der Waals surface area contributed by atoms with E-state index < -0.39 is 11.8 Å². The molecule has 2 aliphatic heterocycles. The van der Waals surface area contributed by atoms with Crippen LogP contribution in [0, 0.1) is 0 Å². The molecule has 31 heavy (non-hydrogen) atoms. The summed E-state index contributed by atoms with van der Waals surface area (Å²) >= 11 is 8.69. The average molecular weight is 498 g/mol. The number of halogens is 1. The van der Waals surface area contributed by atoms with Crippen LogP contribution >= 0.6 is 28.1 Å². The molecule has 0 aromatic heterocycles. The Balaban J connectivity index is 1.73. The number of carbonyl (C=O) groups excluding carboxylic acids is 2. The Morgan fingerprint density at radius 2 is 1.94 bits per heavy atom. The van der Waals surface area contributed by atoms with Gasteiger partial charge in [0.1, 0.15) is 5.57 Å². The molecule has 2 amide bonds. The van der Waals surface area contributed by atoms with Gasteiger partial charge in [0.05, 0.1) is 5.69 Å². The summed E-state index contributed by atoms with van der Waals surface area (Å²) in [5.41, 5.74) is 3.95. The van der Waals surface area contributed by atoms with Crippen molar-refractivity contribution >= 4 is 62.5 Å². The summed E-state index contributed by atoms with van der Waals surface area (Å²) in [5, 5.41) is 2.72. The normalized spacial score (nSPS) is 21.9. The lowest BCUT2D eigenvalue weighted by Crippen LogP contribution is -2.54. The van der Waals surface area contributed by atoms with Gasteiger partial charge in [-0.25, -0.2) is 0 Å². The van der Waals surface area contributed by atoms with Gasteiger partial charge in [0.25, 0.3) is 11.8 Å². The molecule has 1 fully saturated rings. The van der Waals surface area contributed by atoms with Gasteiger partial charge in [-0.2, -0.15) is 0 Å². The quantitative estimate of drug-likeness (QED) is 0.360. The highest BCUT2D eigenvalue weighted by Crippen LogP contribution is 2.42. The van der Waals surface area contributed by atoms with Crippen LogP contribution in [-0.2, 0) is 9.59 Å². The molecule has 1 unspecified atom stereocenters. The van der Waals surface area contributed by atoms with Crippen molar-refractivity contribution in [2.75, 3.05) is 16.8 Å². The SMILES string of the molecule is CC1CC(C)(C)N(C)c2ccc(/C=C3\C(=O)NC(=S)N(c4cccc(Br)c4)C3=O)cc21. The van der Waals surface area contributed by atoms with Crippen molar-refractivity contribution in [3.8, 4) is 0 Å². The van der Waals surface area contributed by atoms with Crippen molar-refractivity contribution in [3.63, 3.8) is 0 Å². The minimum absolute atomic E-state index is 0.0608. The predicted octanol–water partition coefficient (Wildman–Crippen LogP) is 5.00. The van der Waals surface area contributed by atoms with Crippen molar-refractivity contribution in [3.05, 3.63) is 63.6 Å². The summed E-state index contributed by atoms with van der Waals surface area (Å²) in [6.07, 6.45) is 2.68. The number of amides is 2. The van der Waals surface area contributed by atoms with E-state index in [4.69, 9.17) is 12.2 Å². The van der Waals surface area contributed by atoms with Gasteiger partial charge in [0.2, 0.25) is 0 Å². The van der Waals surface area contributed by atoms with Gasteiger partial charge in [-0.05, 0) is 85.9 Å². The Hall–Kier alpha value is -2.51. The number of anilines is 2. The molecule has 2 aromatic carbocycles. The highest BCUT2D eigenvalue weighted by atomic mass is 79.9. The third kappa shape index (κ3) is 3.92. The maximum atomic E-state index is 13.2. The lowest BCUT2D eigenvalue weighted by molar-refractivity contribution is -0.122. The van der Waals surface area contributed by atoms with E-state index in [0.717, 1.165) is 16.5 Å². The molecule has 2 aliphatic rings. The number of fused-ring (bicyclic) bond motifs is 1. The summed E-state index contributed by atoms with van der Waals surface area (Å²) in [6, 6.07) is 13.4. The highest BCUT2D eigenvalue weighted by Gasteiger charge is 2.36. The molecule has 0 radical (unpaired) electrons. The van der Waals surface area contributed by atoms with Crippen LogP contribution in [0.3, 0.4) is 0 Å². The molecule has 0 spiro atoms. The van der Waals surface area contributed by atoms with Gasteiger partial charge in [0, 0.05) is 22.7 Å². The van der Waals surface area contributed by atoms with Gasteiger partial charge in [-0.15, -0.1) is 0 Å². The molecule has 7 heteroatoms. The van der Waals surface area contributed by atoms with Crippen LogP contribution in [0.25, 0.3) is 6.08 Å².